The first-order valence-electron chi connectivity index (χ1n) is 6.58. The molecule has 0 amide bonds. The van der Waals surface area contributed by atoms with Crippen LogP contribution in [0.4, 0.5) is 11.4 Å². The van der Waals surface area contributed by atoms with Gasteiger partial charge in [-0.2, -0.15) is 0 Å². The van der Waals surface area contributed by atoms with E-state index in [1.54, 1.807) is 0 Å². The summed E-state index contributed by atoms with van der Waals surface area (Å²) in [5.41, 5.74) is 7.78. The van der Waals surface area contributed by atoms with Gasteiger partial charge in [-0.05, 0) is 24.1 Å². The molecule has 0 aliphatic rings. The topological polar surface area (TPSA) is 50.1 Å². The Bertz CT molecular complexity index is 308. The quantitative estimate of drug-likeness (QED) is 0.649. The number of benzene rings is 1. The third kappa shape index (κ3) is 5.09. The lowest BCUT2D eigenvalue weighted by Crippen LogP contribution is -2.14. The molecule has 3 nitrogen and oxygen atoms in total. The Morgan fingerprint density at radius 3 is 2.35 bits per heavy atom. The number of hydrogen-bond acceptors (Lipinski definition) is 3. The van der Waals surface area contributed by atoms with E-state index in [0.717, 1.165) is 24.7 Å². The number of nitrogens with two attached hydrogens (primary N) is 1. The smallest absolute Gasteiger partial charge is 0.0361 e. The van der Waals surface area contributed by atoms with Gasteiger partial charge >= 0.3 is 0 Å². The van der Waals surface area contributed by atoms with Crippen LogP contribution in [0, 0.1) is 5.92 Å². The molecule has 1 aromatic rings. The minimum Gasteiger partial charge on any atom is -0.385 e. The van der Waals surface area contributed by atoms with Crippen molar-refractivity contribution in [2.45, 2.75) is 26.7 Å². The Balaban J connectivity index is 2.47. The van der Waals surface area contributed by atoms with Gasteiger partial charge in [0.05, 0.1) is 0 Å². The first kappa shape index (κ1) is 13.8. The molecule has 0 bridgehead atoms. The summed E-state index contributed by atoms with van der Waals surface area (Å²) in [4.78, 5) is 0. The van der Waals surface area contributed by atoms with E-state index in [0.29, 0.717) is 6.54 Å². The van der Waals surface area contributed by atoms with Crippen LogP contribution < -0.4 is 16.4 Å². The highest BCUT2D eigenvalue weighted by molar-refractivity contribution is 5.56. The minimum absolute atomic E-state index is 0.658. The fourth-order valence-corrected chi connectivity index (χ4v) is 1.80. The summed E-state index contributed by atoms with van der Waals surface area (Å²) in [6.07, 6.45) is 2.46. The van der Waals surface area contributed by atoms with Crippen molar-refractivity contribution >= 4 is 11.4 Å². The third-order valence-corrected chi connectivity index (χ3v) is 3.09. The van der Waals surface area contributed by atoms with Crippen LogP contribution in [0.3, 0.4) is 0 Å². The Labute approximate surface area is 105 Å². The van der Waals surface area contributed by atoms with E-state index in [9.17, 15) is 0 Å². The van der Waals surface area contributed by atoms with E-state index < -0.39 is 0 Å². The van der Waals surface area contributed by atoms with E-state index in [1.807, 2.05) is 0 Å². The van der Waals surface area contributed by atoms with E-state index in [-0.39, 0.29) is 0 Å². The van der Waals surface area contributed by atoms with Gasteiger partial charge in [0.15, 0.2) is 0 Å². The molecule has 17 heavy (non-hydrogen) atoms. The second-order valence-corrected chi connectivity index (χ2v) is 4.36. The van der Waals surface area contributed by atoms with Gasteiger partial charge < -0.3 is 16.4 Å². The molecule has 0 radical (unpaired) electrons. The summed E-state index contributed by atoms with van der Waals surface area (Å²) in [7, 11) is 0. The maximum Gasteiger partial charge on any atom is 0.0361 e. The van der Waals surface area contributed by atoms with Gasteiger partial charge in [-0.25, -0.2) is 0 Å². The first-order chi connectivity index (χ1) is 8.30. The highest BCUT2D eigenvalue weighted by atomic mass is 14.9. The Morgan fingerprint density at radius 2 is 1.76 bits per heavy atom. The molecule has 0 aliphatic heterocycles. The molecule has 0 heterocycles. The fraction of sp³-hybridized carbons (Fsp3) is 0.571. The zero-order valence-corrected chi connectivity index (χ0v) is 11.0. The van der Waals surface area contributed by atoms with Gasteiger partial charge in [-0.1, -0.05) is 32.8 Å². The van der Waals surface area contributed by atoms with Crippen molar-refractivity contribution < 1.29 is 0 Å². The average molecular weight is 235 g/mol. The molecule has 96 valence electrons. The van der Waals surface area contributed by atoms with Crippen LogP contribution >= 0.6 is 0 Å². The van der Waals surface area contributed by atoms with Gasteiger partial charge in [0.25, 0.3) is 0 Å². The van der Waals surface area contributed by atoms with Crippen LogP contribution in [-0.4, -0.2) is 19.6 Å². The largest absolute Gasteiger partial charge is 0.385 e. The van der Waals surface area contributed by atoms with E-state index in [1.165, 1.54) is 18.5 Å². The molecule has 0 aromatic heterocycles. The predicted molar refractivity (Wildman–Crippen MR) is 76.5 cm³/mol. The van der Waals surface area contributed by atoms with Crippen molar-refractivity contribution in [3.63, 3.8) is 0 Å². The third-order valence-electron chi connectivity index (χ3n) is 3.09. The van der Waals surface area contributed by atoms with E-state index >= 15 is 0 Å². The van der Waals surface area contributed by atoms with Crippen molar-refractivity contribution in [3.05, 3.63) is 24.3 Å². The highest BCUT2D eigenvalue weighted by Crippen LogP contribution is 2.16. The summed E-state index contributed by atoms with van der Waals surface area (Å²) in [5, 5.41) is 6.78. The molecule has 0 aliphatic carbocycles. The summed E-state index contributed by atoms with van der Waals surface area (Å²) in [5.74, 6) is 0.760. The zero-order valence-electron chi connectivity index (χ0n) is 11.0. The van der Waals surface area contributed by atoms with Gasteiger partial charge in [-0.3, -0.25) is 0 Å². The lowest BCUT2D eigenvalue weighted by molar-refractivity contribution is 0.519. The number of rotatable bonds is 8. The highest BCUT2D eigenvalue weighted by Gasteiger charge is 2.02. The molecule has 0 unspecified atom stereocenters. The number of anilines is 2. The summed E-state index contributed by atoms with van der Waals surface area (Å²) in [6, 6.07) is 8.38. The molecule has 0 spiro atoms. The number of nitrogens with one attached hydrogen (secondary N) is 2. The Hall–Kier alpha value is -1.22. The lowest BCUT2D eigenvalue weighted by Gasteiger charge is -2.15. The predicted octanol–water partition coefficient (Wildman–Crippen LogP) is 2.91. The first-order valence-corrected chi connectivity index (χ1v) is 6.58. The summed E-state index contributed by atoms with van der Waals surface area (Å²) in [6.45, 7) is 7.01. The molecule has 1 rings (SSSR count). The monoisotopic (exact) mass is 235 g/mol. The normalized spacial score (nSPS) is 10.6. The molecule has 0 saturated carbocycles. The van der Waals surface area contributed by atoms with Gasteiger partial charge in [0.1, 0.15) is 0 Å². The molecular weight excluding hydrogens is 210 g/mol. The maximum absolute atomic E-state index is 5.47. The van der Waals surface area contributed by atoms with Crippen LogP contribution in [-0.2, 0) is 0 Å². The lowest BCUT2D eigenvalue weighted by atomic mass is 10.0. The van der Waals surface area contributed by atoms with Crippen LogP contribution in [0.1, 0.15) is 26.7 Å². The minimum atomic E-state index is 0.658. The summed E-state index contributed by atoms with van der Waals surface area (Å²) < 4.78 is 0. The average Bonchev–Trinajstić information content (AvgIpc) is 2.38. The van der Waals surface area contributed by atoms with Gasteiger partial charge in [0, 0.05) is 31.0 Å². The molecule has 1 aromatic carbocycles. The van der Waals surface area contributed by atoms with Gasteiger partial charge in [0.2, 0.25) is 0 Å². The standard InChI is InChI=1S/C14H25N3/c1-3-12(4-2)11-17-14-7-5-6-13(10-14)16-9-8-15/h5-7,10,12,16-17H,3-4,8-9,11,15H2,1-2H3. The van der Waals surface area contributed by atoms with Crippen LogP contribution in [0.15, 0.2) is 24.3 Å². The molecule has 0 saturated heterocycles. The second-order valence-electron chi connectivity index (χ2n) is 4.36. The Kier molecular flexibility index (Phi) is 6.48. The van der Waals surface area contributed by atoms with E-state index in [2.05, 4.69) is 48.7 Å². The van der Waals surface area contributed by atoms with Crippen molar-refractivity contribution in [1.29, 1.82) is 0 Å². The SMILES string of the molecule is CCC(CC)CNc1cccc(NCCN)c1. The van der Waals surface area contributed by atoms with E-state index in [4.69, 9.17) is 5.73 Å². The number of hydrogen-bond donors (Lipinski definition) is 3. The molecule has 0 fully saturated rings. The van der Waals surface area contributed by atoms with Crippen molar-refractivity contribution in [2.24, 2.45) is 11.7 Å². The summed E-state index contributed by atoms with van der Waals surface area (Å²) >= 11 is 0. The fourth-order valence-electron chi connectivity index (χ4n) is 1.80. The van der Waals surface area contributed by atoms with Gasteiger partial charge in [-0.15, -0.1) is 0 Å². The molecule has 3 heteroatoms. The van der Waals surface area contributed by atoms with Crippen LogP contribution in [0.5, 0.6) is 0 Å². The molecular formula is C14H25N3. The van der Waals surface area contributed by atoms with Crippen LogP contribution in [0.25, 0.3) is 0 Å². The zero-order chi connectivity index (χ0) is 12.5. The Morgan fingerprint density at radius 1 is 1.12 bits per heavy atom. The molecule has 0 atom stereocenters. The van der Waals surface area contributed by atoms with Crippen molar-refractivity contribution in [1.82, 2.24) is 0 Å². The van der Waals surface area contributed by atoms with Crippen molar-refractivity contribution in [3.8, 4) is 0 Å². The second kappa shape index (κ2) is 7.96. The maximum atomic E-state index is 5.47. The van der Waals surface area contributed by atoms with Crippen LogP contribution in [0.2, 0.25) is 0 Å². The molecule has 4 N–H and O–H groups in total. The van der Waals surface area contributed by atoms with Crippen molar-refractivity contribution in [2.75, 3.05) is 30.3 Å².